The molecule has 2 aliphatic rings. The minimum atomic E-state index is -1.64. The van der Waals surface area contributed by atoms with E-state index < -0.39 is 46.5 Å². The second-order valence-corrected chi connectivity index (χ2v) is 14.6. The largest absolute Gasteiger partial charge is 0.462 e. The second kappa shape index (κ2) is 16.8. The van der Waals surface area contributed by atoms with Crippen LogP contribution in [-0.2, 0) is 19.1 Å². The molecule has 0 bridgehead atoms. The lowest BCUT2D eigenvalue weighted by Crippen LogP contribution is -2.27. The van der Waals surface area contributed by atoms with Crippen LogP contribution in [0.3, 0.4) is 0 Å². The maximum absolute atomic E-state index is 13.1. The van der Waals surface area contributed by atoms with Crippen molar-refractivity contribution >= 4 is 93.5 Å². The van der Waals surface area contributed by atoms with E-state index in [1.807, 2.05) is 0 Å². The van der Waals surface area contributed by atoms with Crippen LogP contribution in [0.2, 0.25) is 30.1 Å². The van der Waals surface area contributed by atoms with Crippen LogP contribution in [0.1, 0.15) is 86.9 Å². The van der Waals surface area contributed by atoms with E-state index in [0.29, 0.717) is 48.3 Å². The zero-order valence-corrected chi connectivity index (χ0v) is 31.3. The summed E-state index contributed by atoms with van der Waals surface area (Å²) < 4.78 is 21.2. The fourth-order valence-corrected chi connectivity index (χ4v) is 8.12. The molecule has 8 nitrogen and oxygen atoms in total. The normalized spacial score (nSPS) is 22.5. The van der Waals surface area contributed by atoms with Crippen LogP contribution >= 0.6 is 69.6 Å². The van der Waals surface area contributed by atoms with Crippen LogP contribution in [0, 0.1) is 35.5 Å². The van der Waals surface area contributed by atoms with Crippen LogP contribution < -0.4 is 9.47 Å². The minimum absolute atomic E-state index is 0.0715. The molecule has 2 aromatic carbocycles. The van der Waals surface area contributed by atoms with Gasteiger partial charge in [0.2, 0.25) is 0 Å². The van der Waals surface area contributed by atoms with Crippen molar-refractivity contribution in [1.29, 1.82) is 0 Å². The molecule has 0 aliphatic heterocycles. The number of esters is 4. The quantitative estimate of drug-likeness (QED) is 0.0613. The third-order valence-electron chi connectivity index (χ3n) is 9.51. The van der Waals surface area contributed by atoms with Crippen molar-refractivity contribution in [1.82, 2.24) is 0 Å². The lowest BCUT2D eigenvalue weighted by atomic mass is 10.1. The molecule has 0 radical (unpaired) electrons. The molecule has 48 heavy (non-hydrogen) atoms. The molecule has 0 N–H and O–H groups in total. The molecule has 0 amide bonds. The zero-order chi connectivity index (χ0) is 35.4. The highest BCUT2D eigenvalue weighted by atomic mass is 35.5. The molecule has 2 saturated carbocycles. The van der Waals surface area contributed by atoms with Gasteiger partial charge >= 0.3 is 23.9 Å². The second-order valence-electron chi connectivity index (χ2n) is 12.2. The Morgan fingerprint density at radius 1 is 0.583 bits per heavy atom. The van der Waals surface area contributed by atoms with Gasteiger partial charge in [0.15, 0.2) is 11.5 Å². The first-order valence-electron chi connectivity index (χ1n) is 15.9. The van der Waals surface area contributed by atoms with E-state index in [4.69, 9.17) is 88.6 Å². The first-order chi connectivity index (χ1) is 22.7. The predicted octanol–water partition coefficient (Wildman–Crippen LogP) is 10.6. The Balaban J connectivity index is 1.44. The predicted molar refractivity (Wildman–Crippen MR) is 186 cm³/mol. The van der Waals surface area contributed by atoms with Crippen molar-refractivity contribution in [3.05, 3.63) is 53.4 Å². The van der Waals surface area contributed by atoms with Crippen molar-refractivity contribution in [2.75, 3.05) is 13.2 Å². The van der Waals surface area contributed by atoms with E-state index >= 15 is 0 Å². The Morgan fingerprint density at radius 2 is 0.938 bits per heavy atom. The van der Waals surface area contributed by atoms with Crippen molar-refractivity contribution in [2.45, 2.75) is 66.2 Å². The third-order valence-corrected chi connectivity index (χ3v) is 11.6. The number of carbonyl (C=O) groups is 4. The average molecular weight is 785 g/mol. The molecule has 0 saturated heterocycles. The first-order valence-corrected chi connectivity index (χ1v) is 18.1. The Bertz CT molecular complexity index is 1460. The van der Waals surface area contributed by atoms with E-state index in [1.165, 1.54) is 0 Å². The molecule has 6 unspecified atom stereocenters. The smallest absolute Gasteiger partial charge is 0.423 e. The van der Waals surface area contributed by atoms with E-state index in [-0.39, 0.29) is 43.3 Å². The molecular weight excluding hydrogens is 749 g/mol. The van der Waals surface area contributed by atoms with Gasteiger partial charge in [-0.3, -0.25) is 0 Å². The zero-order valence-electron chi connectivity index (χ0n) is 26.8. The van der Waals surface area contributed by atoms with Gasteiger partial charge in [-0.2, -0.15) is 0 Å². The topological polar surface area (TPSA) is 105 Å². The summed E-state index contributed by atoms with van der Waals surface area (Å²) in [5.74, 6) is -2.58. The van der Waals surface area contributed by atoms with Gasteiger partial charge in [0.1, 0.15) is 11.1 Å². The molecule has 2 aliphatic carbocycles. The van der Waals surface area contributed by atoms with Crippen molar-refractivity contribution < 1.29 is 38.1 Å². The van der Waals surface area contributed by atoms with Crippen molar-refractivity contribution in [3.63, 3.8) is 0 Å². The monoisotopic (exact) mass is 782 g/mol. The van der Waals surface area contributed by atoms with Crippen molar-refractivity contribution in [3.8, 4) is 11.5 Å². The summed E-state index contributed by atoms with van der Waals surface area (Å²) in [5, 5.41) is -1.45. The van der Waals surface area contributed by atoms with Gasteiger partial charge in [-0.1, -0.05) is 110 Å². The highest BCUT2D eigenvalue weighted by Gasteiger charge is 2.44. The number of rotatable bonds is 14. The van der Waals surface area contributed by atoms with Gasteiger partial charge in [0.25, 0.3) is 0 Å². The van der Waals surface area contributed by atoms with Gasteiger partial charge < -0.3 is 18.9 Å². The summed E-state index contributed by atoms with van der Waals surface area (Å²) in [6.07, 6.45) is 5.19. The number of ether oxygens (including phenoxy) is 4. The molecule has 14 heteroatoms. The summed E-state index contributed by atoms with van der Waals surface area (Å²) in [6, 6.07) is 2.26. The van der Waals surface area contributed by atoms with Gasteiger partial charge in [0.05, 0.1) is 43.3 Å². The van der Waals surface area contributed by atoms with E-state index in [1.54, 1.807) is 0 Å². The van der Waals surface area contributed by atoms with Crippen LogP contribution in [0.5, 0.6) is 11.5 Å². The number of hydrogen-bond donors (Lipinski definition) is 0. The lowest BCUT2D eigenvalue weighted by molar-refractivity contribution is -0.156. The molecule has 4 rings (SSSR count). The molecule has 262 valence electrons. The fourth-order valence-electron chi connectivity index (χ4n) is 6.68. The molecule has 2 fully saturated rings. The highest BCUT2D eigenvalue weighted by Crippen LogP contribution is 2.51. The minimum Gasteiger partial charge on any atom is -0.462 e. The Kier molecular flexibility index (Phi) is 13.6. The summed E-state index contributed by atoms with van der Waals surface area (Å²) >= 11 is 37.4. The molecule has 0 aromatic heterocycles. The summed E-state index contributed by atoms with van der Waals surface area (Å²) in [4.78, 5) is 52.1. The van der Waals surface area contributed by atoms with Crippen LogP contribution in [0.15, 0.2) is 12.1 Å². The standard InChI is InChI=1S/C34H36Cl6O8/c1-5-17-15(3)19(17)9-7-11-45-31(41)25-27(39)21(35)13-23(37)29(25)47-33(43)34(44)48-30-24(38)14-22(36)28(40)26(30)32(42)46-12-8-10-20-16(4)18(20)6-2/h13-20H,5-12H2,1-4H3. The number of carbonyl (C=O) groups excluding carboxylic acids is 4. The van der Waals surface area contributed by atoms with E-state index in [2.05, 4.69) is 27.7 Å². The van der Waals surface area contributed by atoms with Gasteiger partial charge in [0, 0.05) is 0 Å². The maximum Gasteiger partial charge on any atom is 0.423 e. The Hall–Kier alpha value is -1.94. The van der Waals surface area contributed by atoms with Gasteiger partial charge in [-0.25, -0.2) is 19.2 Å². The molecule has 0 heterocycles. The summed E-state index contributed by atoms with van der Waals surface area (Å²) in [7, 11) is 0. The molecule has 0 spiro atoms. The first kappa shape index (κ1) is 38.9. The Morgan fingerprint density at radius 3 is 1.25 bits per heavy atom. The summed E-state index contributed by atoms with van der Waals surface area (Å²) in [6.45, 7) is 8.84. The van der Waals surface area contributed by atoms with Gasteiger partial charge in [-0.15, -0.1) is 0 Å². The van der Waals surface area contributed by atoms with Crippen LogP contribution in [-0.4, -0.2) is 37.1 Å². The third kappa shape index (κ3) is 8.85. The summed E-state index contributed by atoms with van der Waals surface area (Å²) in [5.41, 5.74) is -0.909. The Labute approximate surface area is 309 Å². The van der Waals surface area contributed by atoms with E-state index in [9.17, 15) is 19.2 Å². The molecule has 6 atom stereocenters. The molecule has 2 aromatic rings. The maximum atomic E-state index is 13.1. The number of halogens is 6. The van der Waals surface area contributed by atoms with Crippen LogP contribution in [0.25, 0.3) is 0 Å². The van der Waals surface area contributed by atoms with Crippen LogP contribution in [0.4, 0.5) is 0 Å². The van der Waals surface area contributed by atoms with Crippen molar-refractivity contribution in [2.24, 2.45) is 35.5 Å². The van der Waals surface area contributed by atoms with E-state index in [0.717, 1.165) is 37.8 Å². The molecular formula is C34H36Cl6O8. The SMILES string of the molecule is CCC1C(C)C1CCCOC(=O)c1c(Cl)c(Cl)cc(Cl)c1OC(=O)C(=O)Oc1c(Cl)cc(Cl)c(Cl)c1C(=O)OCCCC1C(C)C1CC. The highest BCUT2D eigenvalue weighted by molar-refractivity contribution is 6.47. The number of hydrogen-bond acceptors (Lipinski definition) is 8. The fraction of sp³-hybridized carbons (Fsp3) is 0.529. The number of benzene rings is 2. The van der Waals surface area contributed by atoms with Gasteiger partial charge in [-0.05, 0) is 73.3 Å². The lowest BCUT2D eigenvalue weighted by Gasteiger charge is -2.15. The average Bonchev–Trinajstić information content (AvgIpc) is 3.90.